The number of benzene rings is 1. The van der Waals surface area contributed by atoms with Gasteiger partial charge < -0.3 is 15.0 Å². The van der Waals surface area contributed by atoms with E-state index in [2.05, 4.69) is 5.32 Å². The molecule has 3 heterocycles. The molecule has 2 fully saturated rings. The summed E-state index contributed by atoms with van der Waals surface area (Å²) in [5.74, 6) is 1.04. The molecule has 0 unspecified atom stereocenters. The number of ether oxygens (including phenoxy) is 1. The fraction of sp³-hybridized carbons (Fsp3) is 0.636. The van der Waals surface area contributed by atoms with Crippen LogP contribution in [0.1, 0.15) is 43.7 Å². The normalized spacial score (nSPS) is 30.0. The van der Waals surface area contributed by atoms with Crippen molar-refractivity contribution >= 4 is 21.7 Å². The van der Waals surface area contributed by atoms with Crippen LogP contribution in [0.2, 0.25) is 0 Å². The van der Waals surface area contributed by atoms with Crippen LogP contribution in [0.5, 0.6) is 5.75 Å². The van der Waals surface area contributed by atoms with Gasteiger partial charge in [-0.2, -0.15) is 0 Å². The van der Waals surface area contributed by atoms with E-state index < -0.39 is 15.4 Å². The second-order valence-electron chi connectivity index (χ2n) is 9.18. The molecule has 3 aliphatic rings. The third kappa shape index (κ3) is 4.87. The van der Waals surface area contributed by atoms with Crippen molar-refractivity contribution in [1.29, 1.82) is 0 Å². The van der Waals surface area contributed by atoms with Gasteiger partial charge in [0.1, 0.15) is 11.4 Å². The number of nitrogens with zero attached hydrogens (tertiary/aromatic N) is 2. The van der Waals surface area contributed by atoms with E-state index in [1.54, 1.807) is 11.9 Å². The zero-order valence-electron chi connectivity index (χ0n) is 18.2. The number of rotatable bonds is 4. The number of amides is 2. The largest absolute Gasteiger partial charge is 0.487 e. The first-order chi connectivity index (χ1) is 14.7. The third-order valence-electron chi connectivity index (χ3n) is 6.88. The van der Waals surface area contributed by atoms with Crippen molar-refractivity contribution in [2.24, 2.45) is 0 Å². The molecule has 0 aromatic heterocycles. The summed E-state index contributed by atoms with van der Waals surface area (Å²) < 4.78 is 30.0. The topological polar surface area (TPSA) is 96.0 Å². The zero-order valence-corrected chi connectivity index (χ0v) is 19.0. The molecule has 3 aliphatic heterocycles. The number of hydrogen-bond donors (Lipinski definition) is 1. The molecule has 0 bridgehead atoms. The van der Waals surface area contributed by atoms with E-state index in [4.69, 9.17) is 4.74 Å². The molecule has 31 heavy (non-hydrogen) atoms. The number of fused-ring (bicyclic) bond motifs is 1. The Hall–Kier alpha value is -2.13. The standard InChI is InChI=1S/C22H31N3O5S/c1-24-11-10-22(9-7-21(24)27)13-18(17-5-3-4-6-19(17)30-22)23-20(26)14-25(2)16-8-12-31(28,29)15-16/h3-6,16,18H,7-15H2,1-2H3,(H,23,26)/t16-,18-,22+/m1/s1. The van der Waals surface area contributed by atoms with E-state index in [-0.39, 0.29) is 41.9 Å². The lowest BCUT2D eigenvalue weighted by Gasteiger charge is -2.42. The van der Waals surface area contributed by atoms with E-state index in [0.29, 0.717) is 32.2 Å². The first kappa shape index (κ1) is 22.1. The van der Waals surface area contributed by atoms with E-state index in [0.717, 1.165) is 17.7 Å². The van der Waals surface area contributed by atoms with Gasteiger partial charge in [0, 0.05) is 44.5 Å². The summed E-state index contributed by atoms with van der Waals surface area (Å²) in [6, 6.07) is 7.40. The highest BCUT2D eigenvalue weighted by Gasteiger charge is 2.43. The number of carbonyl (C=O) groups is 2. The molecular weight excluding hydrogens is 418 g/mol. The van der Waals surface area contributed by atoms with Crippen molar-refractivity contribution in [2.45, 2.75) is 49.8 Å². The maximum atomic E-state index is 12.9. The highest BCUT2D eigenvalue weighted by atomic mass is 32.2. The highest BCUT2D eigenvalue weighted by molar-refractivity contribution is 7.91. The number of likely N-dealkylation sites (N-methyl/N-ethyl adjacent to an activating group) is 1. The van der Waals surface area contributed by atoms with Gasteiger partial charge in [-0.05, 0) is 26.0 Å². The van der Waals surface area contributed by atoms with Crippen LogP contribution < -0.4 is 10.1 Å². The predicted molar refractivity (Wildman–Crippen MR) is 116 cm³/mol. The second-order valence-corrected chi connectivity index (χ2v) is 11.4. The fourth-order valence-electron chi connectivity index (χ4n) is 4.92. The van der Waals surface area contributed by atoms with Crippen LogP contribution in [0, 0.1) is 0 Å². The minimum atomic E-state index is -3.00. The van der Waals surface area contributed by atoms with Crippen LogP contribution in [-0.2, 0) is 19.4 Å². The number of hydrogen-bond acceptors (Lipinski definition) is 6. The average molecular weight is 450 g/mol. The SMILES string of the molecule is CN1CC[C@@]2(CCC1=O)C[C@@H](NC(=O)CN(C)[C@@H]1CCS(=O)(=O)C1)c1ccccc1O2. The first-order valence-corrected chi connectivity index (χ1v) is 12.7. The van der Waals surface area contributed by atoms with Crippen molar-refractivity contribution < 1.29 is 22.7 Å². The lowest BCUT2D eigenvalue weighted by molar-refractivity contribution is -0.129. The van der Waals surface area contributed by atoms with E-state index in [9.17, 15) is 18.0 Å². The van der Waals surface area contributed by atoms with Gasteiger partial charge in [0.05, 0.1) is 24.1 Å². The van der Waals surface area contributed by atoms with Gasteiger partial charge in [0.15, 0.2) is 9.84 Å². The summed E-state index contributed by atoms with van der Waals surface area (Å²) in [4.78, 5) is 28.7. The highest BCUT2D eigenvalue weighted by Crippen LogP contribution is 2.44. The second kappa shape index (κ2) is 8.43. The van der Waals surface area contributed by atoms with E-state index >= 15 is 0 Å². The lowest BCUT2D eigenvalue weighted by atomic mass is 9.82. The van der Waals surface area contributed by atoms with E-state index in [1.807, 2.05) is 36.2 Å². The number of carbonyl (C=O) groups excluding carboxylic acids is 2. The summed E-state index contributed by atoms with van der Waals surface area (Å²) in [6.45, 7) is 0.772. The number of sulfone groups is 1. The molecule has 0 saturated carbocycles. The van der Waals surface area contributed by atoms with Crippen LogP contribution in [0.15, 0.2) is 24.3 Å². The molecule has 1 aromatic rings. The Balaban J connectivity index is 1.47. The molecule has 3 atom stereocenters. The van der Waals surface area contributed by atoms with Gasteiger partial charge >= 0.3 is 0 Å². The van der Waals surface area contributed by atoms with Crippen molar-refractivity contribution in [1.82, 2.24) is 15.1 Å². The molecule has 1 N–H and O–H groups in total. The zero-order chi connectivity index (χ0) is 22.2. The predicted octanol–water partition coefficient (Wildman–Crippen LogP) is 1.13. The Morgan fingerprint density at radius 2 is 2.10 bits per heavy atom. The Morgan fingerprint density at radius 3 is 2.84 bits per heavy atom. The molecule has 0 radical (unpaired) electrons. The van der Waals surface area contributed by atoms with Gasteiger partial charge in [0.25, 0.3) is 0 Å². The lowest BCUT2D eigenvalue weighted by Crippen LogP contribution is -2.48. The van der Waals surface area contributed by atoms with Gasteiger partial charge in [0.2, 0.25) is 11.8 Å². The monoisotopic (exact) mass is 449 g/mol. The minimum absolute atomic E-state index is 0.113. The van der Waals surface area contributed by atoms with Gasteiger partial charge in [-0.15, -0.1) is 0 Å². The summed E-state index contributed by atoms with van der Waals surface area (Å²) >= 11 is 0. The van der Waals surface area contributed by atoms with Crippen LogP contribution in [0.3, 0.4) is 0 Å². The quantitative estimate of drug-likeness (QED) is 0.740. The van der Waals surface area contributed by atoms with Gasteiger partial charge in [-0.1, -0.05) is 18.2 Å². The smallest absolute Gasteiger partial charge is 0.234 e. The number of para-hydroxylation sites is 1. The Bertz CT molecular complexity index is 966. The molecule has 2 saturated heterocycles. The molecule has 170 valence electrons. The summed E-state index contributed by atoms with van der Waals surface area (Å²) in [7, 11) is 0.623. The molecule has 4 rings (SSSR count). The van der Waals surface area contributed by atoms with Crippen molar-refractivity contribution in [3.05, 3.63) is 29.8 Å². The molecule has 1 aromatic carbocycles. The molecule has 2 amide bonds. The molecule has 9 heteroatoms. The van der Waals surface area contributed by atoms with Gasteiger partial charge in [-0.3, -0.25) is 14.5 Å². The Labute approximate surface area is 183 Å². The molecule has 8 nitrogen and oxygen atoms in total. The van der Waals surface area contributed by atoms with E-state index in [1.165, 1.54) is 0 Å². The van der Waals surface area contributed by atoms with Crippen molar-refractivity contribution in [3.63, 3.8) is 0 Å². The summed E-state index contributed by atoms with van der Waals surface area (Å²) in [6.07, 6.45) is 2.94. The number of nitrogens with one attached hydrogen (secondary N) is 1. The average Bonchev–Trinajstić information content (AvgIpc) is 3.04. The minimum Gasteiger partial charge on any atom is -0.487 e. The number of likely N-dealkylation sites (tertiary alicyclic amines) is 1. The summed E-state index contributed by atoms with van der Waals surface area (Å²) in [5.41, 5.74) is 0.453. The first-order valence-electron chi connectivity index (χ1n) is 10.9. The molecule has 0 aliphatic carbocycles. The van der Waals surface area contributed by atoms with Crippen LogP contribution >= 0.6 is 0 Å². The van der Waals surface area contributed by atoms with Crippen LogP contribution in [0.25, 0.3) is 0 Å². The summed E-state index contributed by atoms with van der Waals surface area (Å²) in [5, 5.41) is 3.16. The Morgan fingerprint density at radius 1 is 1.32 bits per heavy atom. The third-order valence-corrected chi connectivity index (χ3v) is 8.63. The maximum Gasteiger partial charge on any atom is 0.234 e. The Kier molecular flexibility index (Phi) is 6.00. The van der Waals surface area contributed by atoms with Crippen LogP contribution in [-0.4, -0.2) is 80.4 Å². The molecular formula is C22H31N3O5S. The maximum absolute atomic E-state index is 12.9. The van der Waals surface area contributed by atoms with Crippen molar-refractivity contribution in [3.8, 4) is 5.75 Å². The molecule has 1 spiro atoms. The van der Waals surface area contributed by atoms with Crippen molar-refractivity contribution in [2.75, 3.05) is 38.7 Å². The van der Waals surface area contributed by atoms with Crippen LogP contribution in [0.4, 0.5) is 0 Å². The van der Waals surface area contributed by atoms with Gasteiger partial charge in [-0.25, -0.2) is 8.42 Å². The fourth-order valence-corrected chi connectivity index (χ4v) is 6.72.